The topological polar surface area (TPSA) is 74.0 Å². The normalized spacial score (nSPS) is 15.7. The van der Waals surface area contributed by atoms with Crippen molar-refractivity contribution in [2.24, 2.45) is 5.92 Å². The number of aromatic nitrogens is 1. The summed E-state index contributed by atoms with van der Waals surface area (Å²) < 4.78 is 0. The lowest BCUT2D eigenvalue weighted by Crippen LogP contribution is -2.45. The number of amides is 2. The molecule has 2 amide bonds. The lowest BCUT2D eigenvalue weighted by Gasteiger charge is -2.20. The van der Waals surface area contributed by atoms with E-state index in [0.717, 1.165) is 36.6 Å². The predicted octanol–water partition coefficient (Wildman–Crippen LogP) is 3.16. The van der Waals surface area contributed by atoms with Gasteiger partial charge in [-0.2, -0.15) is 0 Å². The molecule has 0 spiro atoms. The molecule has 1 aliphatic carbocycles. The van der Waals surface area contributed by atoms with Gasteiger partial charge in [0.2, 0.25) is 5.91 Å². The summed E-state index contributed by atoms with van der Waals surface area (Å²) in [5.74, 6) is -0.459. The van der Waals surface area contributed by atoms with Crippen molar-refractivity contribution in [3.8, 4) is 0 Å². The maximum absolute atomic E-state index is 12.1. The predicted molar refractivity (Wildman–Crippen MR) is 85.5 cm³/mol. The average Bonchev–Trinajstić information content (AvgIpc) is 2.96. The molecule has 0 aliphatic heterocycles. The first kappa shape index (κ1) is 14.9. The van der Waals surface area contributed by atoms with Crippen molar-refractivity contribution in [1.29, 1.82) is 0 Å². The van der Waals surface area contributed by atoms with Crippen LogP contribution in [0.3, 0.4) is 0 Å². The Bertz CT molecular complexity index is 704. The van der Waals surface area contributed by atoms with Gasteiger partial charge in [0.1, 0.15) is 5.69 Å². The minimum Gasteiger partial charge on any atom is -0.350 e. The first-order valence-corrected chi connectivity index (χ1v) is 7.90. The van der Waals surface area contributed by atoms with Crippen LogP contribution >= 0.6 is 11.6 Å². The van der Waals surface area contributed by atoms with E-state index >= 15 is 0 Å². The molecule has 5 nitrogen and oxygen atoms in total. The van der Waals surface area contributed by atoms with E-state index in [4.69, 9.17) is 11.6 Å². The van der Waals surface area contributed by atoms with E-state index in [9.17, 15) is 9.59 Å². The molecule has 3 N–H and O–H groups in total. The van der Waals surface area contributed by atoms with Gasteiger partial charge in [0.15, 0.2) is 0 Å². The molecule has 3 rings (SSSR count). The minimum atomic E-state index is -0.364. The van der Waals surface area contributed by atoms with Crippen LogP contribution in [0.1, 0.15) is 42.6 Å². The molecule has 0 unspecified atom stereocenters. The molecule has 116 valence electrons. The fourth-order valence-corrected chi connectivity index (χ4v) is 3.06. The first-order chi connectivity index (χ1) is 10.6. The van der Waals surface area contributed by atoms with Crippen LogP contribution in [0.2, 0.25) is 5.02 Å². The maximum Gasteiger partial charge on any atom is 0.286 e. The number of nitrogens with one attached hydrogen (secondary N) is 3. The Morgan fingerprint density at radius 3 is 2.64 bits per heavy atom. The van der Waals surface area contributed by atoms with Crippen molar-refractivity contribution in [2.45, 2.75) is 32.1 Å². The summed E-state index contributed by atoms with van der Waals surface area (Å²) in [4.78, 5) is 27.1. The van der Waals surface area contributed by atoms with E-state index in [-0.39, 0.29) is 17.7 Å². The van der Waals surface area contributed by atoms with Crippen molar-refractivity contribution < 1.29 is 9.59 Å². The van der Waals surface area contributed by atoms with Crippen LogP contribution in [0.4, 0.5) is 0 Å². The zero-order chi connectivity index (χ0) is 15.5. The van der Waals surface area contributed by atoms with Gasteiger partial charge < -0.3 is 4.98 Å². The monoisotopic (exact) mass is 319 g/mol. The van der Waals surface area contributed by atoms with Gasteiger partial charge in [0.05, 0.1) is 0 Å². The number of carbonyl (C=O) groups is 2. The standard InChI is InChI=1S/C16H18ClN3O2/c17-12-6-7-13-11(8-12)9-14(18-13)16(22)20-19-15(21)10-4-2-1-3-5-10/h6-10,18H,1-5H2,(H,19,21)(H,20,22). The summed E-state index contributed by atoms with van der Waals surface area (Å²) >= 11 is 5.92. The van der Waals surface area contributed by atoms with Crippen molar-refractivity contribution in [2.75, 3.05) is 0 Å². The highest BCUT2D eigenvalue weighted by atomic mass is 35.5. The van der Waals surface area contributed by atoms with Gasteiger partial charge >= 0.3 is 0 Å². The third kappa shape index (κ3) is 3.25. The maximum atomic E-state index is 12.1. The molecule has 1 saturated carbocycles. The molecule has 2 aromatic rings. The molecule has 0 saturated heterocycles. The Kier molecular flexibility index (Phi) is 4.34. The van der Waals surface area contributed by atoms with Crippen LogP contribution in [-0.2, 0) is 4.79 Å². The van der Waals surface area contributed by atoms with Gasteiger partial charge in [-0.3, -0.25) is 20.4 Å². The molecule has 22 heavy (non-hydrogen) atoms. The summed E-state index contributed by atoms with van der Waals surface area (Å²) in [5.41, 5.74) is 6.21. The second-order valence-electron chi connectivity index (χ2n) is 5.69. The number of carbonyl (C=O) groups excluding carboxylic acids is 2. The lowest BCUT2D eigenvalue weighted by molar-refractivity contribution is -0.126. The second-order valence-corrected chi connectivity index (χ2v) is 6.13. The Morgan fingerprint density at radius 1 is 1.09 bits per heavy atom. The molecule has 1 aromatic carbocycles. The Hall–Kier alpha value is -2.01. The van der Waals surface area contributed by atoms with Crippen LogP contribution in [0.25, 0.3) is 10.9 Å². The van der Waals surface area contributed by atoms with Crippen LogP contribution in [0.5, 0.6) is 0 Å². The largest absolute Gasteiger partial charge is 0.350 e. The van der Waals surface area contributed by atoms with Gasteiger partial charge in [-0.1, -0.05) is 30.9 Å². The van der Waals surface area contributed by atoms with Crippen molar-refractivity contribution in [3.05, 3.63) is 35.0 Å². The molecular formula is C16H18ClN3O2. The van der Waals surface area contributed by atoms with Crippen LogP contribution in [0.15, 0.2) is 24.3 Å². The number of benzene rings is 1. The number of hydrazine groups is 1. The lowest BCUT2D eigenvalue weighted by atomic mass is 9.89. The van der Waals surface area contributed by atoms with E-state index in [1.165, 1.54) is 6.42 Å². The number of hydrogen-bond acceptors (Lipinski definition) is 2. The minimum absolute atomic E-state index is 0.00979. The van der Waals surface area contributed by atoms with Gasteiger partial charge in [0, 0.05) is 21.8 Å². The summed E-state index contributed by atoms with van der Waals surface area (Å²) in [7, 11) is 0. The summed E-state index contributed by atoms with van der Waals surface area (Å²) in [6, 6.07) is 7.07. The molecule has 0 radical (unpaired) electrons. The SMILES string of the molecule is O=C(NNC(=O)C1CCCCC1)c1cc2cc(Cl)ccc2[nH]1. The first-order valence-electron chi connectivity index (χ1n) is 7.52. The van der Waals surface area contributed by atoms with Gasteiger partial charge in [-0.05, 0) is 37.1 Å². The van der Waals surface area contributed by atoms with Gasteiger partial charge in [0.25, 0.3) is 5.91 Å². The number of H-pyrrole nitrogens is 1. The highest BCUT2D eigenvalue weighted by Gasteiger charge is 2.21. The van der Waals surface area contributed by atoms with Crippen LogP contribution < -0.4 is 10.9 Å². The van der Waals surface area contributed by atoms with Crippen molar-refractivity contribution in [3.63, 3.8) is 0 Å². The van der Waals surface area contributed by atoms with E-state index in [2.05, 4.69) is 15.8 Å². The van der Waals surface area contributed by atoms with Crippen LogP contribution in [0, 0.1) is 5.92 Å². The van der Waals surface area contributed by atoms with E-state index in [0.29, 0.717) is 10.7 Å². The number of hydrogen-bond donors (Lipinski definition) is 3. The Morgan fingerprint density at radius 2 is 1.86 bits per heavy atom. The molecule has 1 fully saturated rings. The highest BCUT2D eigenvalue weighted by molar-refractivity contribution is 6.31. The third-order valence-electron chi connectivity index (χ3n) is 4.10. The molecule has 1 heterocycles. The zero-order valence-electron chi connectivity index (χ0n) is 12.1. The number of aromatic amines is 1. The number of halogens is 1. The van der Waals surface area contributed by atoms with E-state index < -0.39 is 0 Å². The van der Waals surface area contributed by atoms with E-state index in [1.54, 1.807) is 18.2 Å². The average molecular weight is 320 g/mol. The molecule has 1 aromatic heterocycles. The molecule has 6 heteroatoms. The summed E-state index contributed by atoms with van der Waals surface area (Å²) in [6.07, 6.45) is 5.14. The Labute approximate surface area is 133 Å². The summed E-state index contributed by atoms with van der Waals surface area (Å²) in [5, 5.41) is 1.47. The highest BCUT2D eigenvalue weighted by Crippen LogP contribution is 2.23. The van der Waals surface area contributed by atoms with Crippen LogP contribution in [-0.4, -0.2) is 16.8 Å². The van der Waals surface area contributed by atoms with Gasteiger partial charge in [-0.15, -0.1) is 0 Å². The molecule has 0 bridgehead atoms. The number of rotatable bonds is 2. The number of fused-ring (bicyclic) bond motifs is 1. The summed E-state index contributed by atoms with van der Waals surface area (Å²) in [6.45, 7) is 0. The molecule has 0 atom stereocenters. The van der Waals surface area contributed by atoms with Gasteiger partial charge in [-0.25, -0.2) is 0 Å². The smallest absolute Gasteiger partial charge is 0.286 e. The third-order valence-corrected chi connectivity index (χ3v) is 4.34. The quantitative estimate of drug-likeness (QED) is 0.744. The second kappa shape index (κ2) is 6.40. The van der Waals surface area contributed by atoms with E-state index in [1.807, 2.05) is 6.07 Å². The fraction of sp³-hybridized carbons (Fsp3) is 0.375. The Balaban J connectivity index is 1.61. The van der Waals surface area contributed by atoms with Crippen molar-refractivity contribution >= 4 is 34.3 Å². The fourth-order valence-electron chi connectivity index (χ4n) is 2.88. The zero-order valence-corrected chi connectivity index (χ0v) is 12.9. The molecule has 1 aliphatic rings. The van der Waals surface area contributed by atoms with Crippen molar-refractivity contribution in [1.82, 2.24) is 15.8 Å². The molecular weight excluding hydrogens is 302 g/mol.